The molecule has 0 atom stereocenters. The van der Waals surface area contributed by atoms with E-state index in [1.54, 1.807) is 0 Å². The Morgan fingerprint density at radius 1 is 0.532 bits per heavy atom. The van der Waals surface area contributed by atoms with Crippen molar-refractivity contribution >= 4 is 0 Å². The van der Waals surface area contributed by atoms with Crippen LogP contribution in [0.4, 0.5) is 0 Å². The van der Waals surface area contributed by atoms with Crippen molar-refractivity contribution in [2.75, 3.05) is 26.4 Å². The van der Waals surface area contributed by atoms with Crippen LogP contribution in [-0.2, 0) is 9.47 Å². The van der Waals surface area contributed by atoms with Gasteiger partial charge in [-0.3, -0.25) is 0 Å². The zero-order chi connectivity index (χ0) is 34.9. The van der Waals surface area contributed by atoms with Crippen molar-refractivity contribution in [1.29, 1.82) is 0 Å². The molecule has 0 aromatic heterocycles. The Morgan fingerprint density at radius 3 is 1.23 bits per heavy atom. The molecule has 0 bridgehead atoms. The Balaban J connectivity index is 0. The standard InChI is InChI=1S/C10H20.2C9H18O.C8H16O.C7H16.CH4/c1-8(2)10-6-4-9(3)5-7-10;1-8(2)7-9-3-5-10-6-4-9;1-7(2)8-3-5-9(10)6-4-8;1-7(2)8-3-5-9-6-4-8;1-4-5-6-7(2)3;/h8-10H,4-7H2,1-3H3;8-9H,3-7H2,1-2H3;7-10H,3-6H2,1-2H3;7-8H,3-6H2,1-2H3;7H,4-6H2,1-3H3;1H4. The van der Waals surface area contributed by atoms with E-state index in [2.05, 4.69) is 83.1 Å². The van der Waals surface area contributed by atoms with Gasteiger partial charge in [-0.15, -0.1) is 0 Å². The van der Waals surface area contributed by atoms with E-state index >= 15 is 0 Å². The molecule has 2 aliphatic heterocycles. The van der Waals surface area contributed by atoms with E-state index < -0.39 is 0 Å². The average molecular weight is 669 g/mol. The monoisotopic (exact) mass is 669 g/mol. The molecule has 0 aromatic carbocycles. The number of aliphatic hydroxyl groups excluding tert-OH is 1. The smallest absolute Gasteiger partial charge is 0.0540 e. The predicted molar refractivity (Wildman–Crippen MR) is 211 cm³/mol. The summed E-state index contributed by atoms with van der Waals surface area (Å²) in [5, 5.41) is 9.21. The highest BCUT2D eigenvalue weighted by molar-refractivity contribution is 4.73. The average Bonchev–Trinajstić information content (AvgIpc) is 3.02. The molecule has 3 nitrogen and oxygen atoms in total. The van der Waals surface area contributed by atoms with Crippen LogP contribution in [0.1, 0.15) is 193 Å². The number of hydrogen-bond donors (Lipinski definition) is 1. The fourth-order valence-electron chi connectivity index (χ4n) is 7.36. The lowest BCUT2D eigenvalue weighted by Crippen LogP contribution is -2.21. The van der Waals surface area contributed by atoms with E-state index in [1.165, 1.54) is 89.9 Å². The van der Waals surface area contributed by atoms with E-state index in [1.807, 2.05) is 0 Å². The number of rotatable bonds is 8. The highest BCUT2D eigenvalue weighted by Gasteiger charge is 2.22. The minimum absolute atomic E-state index is 0. The molecule has 2 saturated heterocycles. The summed E-state index contributed by atoms with van der Waals surface area (Å²) >= 11 is 0. The number of hydrogen-bond acceptors (Lipinski definition) is 3. The second-order valence-corrected chi connectivity index (χ2v) is 17.5. The van der Waals surface area contributed by atoms with Crippen molar-refractivity contribution in [3.05, 3.63) is 0 Å². The minimum Gasteiger partial charge on any atom is -0.393 e. The quantitative estimate of drug-likeness (QED) is 0.280. The highest BCUT2D eigenvalue weighted by Crippen LogP contribution is 2.33. The third-order valence-corrected chi connectivity index (χ3v) is 11.2. The first-order valence-electron chi connectivity index (χ1n) is 20.6. The van der Waals surface area contributed by atoms with Gasteiger partial charge < -0.3 is 14.6 Å². The molecule has 286 valence electrons. The van der Waals surface area contributed by atoms with Gasteiger partial charge in [0.15, 0.2) is 0 Å². The number of ether oxygens (including phenoxy) is 2. The summed E-state index contributed by atoms with van der Waals surface area (Å²) in [6, 6.07) is 0. The van der Waals surface area contributed by atoms with Gasteiger partial charge in [-0.1, -0.05) is 123 Å². The van der Waals surface area contributed by atoms with Crippen LogP contribution in [0.15, 0.2) is 0 Å². The second-order valence-electron chi connectivity index (χ2n) is 17.5. The van der Waals surface area contributed by atoms with E-state index in [4.69, 9.17) is 9.47 Å². The fourth-order valence-corrected chi connectivity index (χ4v) is 7.36. The second kappa shape index (κ2) is 30.7. The molecule has 4 aliphatic rings. The van der Waals surface area contributed by atoms with Gasteiger partial charge in [0.2, 0.25) is 0 Å². The first-order valence-corrected chi connectivity index (χ1v) is 20.6. The van der Waals surface area contributed by atoms with Crippen molar-refractivity contribution in [1.82, 2.24) is 0 Å². The van der Waals surface area contributed by atoms with Crippen LogP contribution in [0.5, 0.6) is 0 Å². The number of unbranched alkanes of at least 4 members (excludes halogenated alkanes) is 1. The van der Waals surface area contributed by atoms with Crippen LogP contribution in [-0.4, -0.2) is 37.6 Å². The fraction of sp³-hybridized carbons (Fsp3) is 1.00. The van der Waals surface area contributed by atoms with Gasteiger partial charge >= 0.3 is 0 Å². The Morgan fingerprint density at radius 2 is 0.915 bits per heavy atom. The van der Waals surface area contributed by atoms with Crippen LogP contribution in [0.2, 0.25) is 0 Å². The Kier molecular flexibility index (Phi) is 32.0. The lowest BCUT2D eigenvalue weighted by molar-refractivity contribution is 0.0523. The molecule has 0 spiro atoms. The van der Waals surface area contributed by atoms with Gasteiger partial charge in [-0.2, -0.15) is 0 Å². The Labute approximate surface area is 298 Å². The molecule has 2 heterocycles. The van der Waals surface area contributed by atoms with E-state index in [-0.39, 0.29) is 13.5 Å². The molecule has 1 N–H and O–H groups in total. The first kappa shape index (κ1) is 49.0. The maximum Gasteiger partial charge on any atom is 0.0540 e. The molecule has 0 unspecified atom stereocenters. The summed E-state index contributed by atoms with van der Waals surface area (Å²) < 4.78 is 10.5. The third kappa shape index (κ3) is 28.3. The van der Waals surface area contributed by atoms with Crippen molar-refractivity contribution < 1.29 is 14.6 Å². The van der Waals surface area contributed by atoms with Gasteiger partial charge in [0, 0.05) is 26.4 Å². The third-order valence-electron chi connectivity index (χ3n) is 11.2. The van der Waals surface area contributed by atoms with Gasteiger partial charge in [0.1, 0.15) is 0 Å². The Hall–Kier alpha value is -0.120. The SMILES string of the molecule is C.CC(C)C1CCC(O)CC1.CC(C)C1CCOCC1.CC(C)CC1CCOCC1.CC1CCC(C(C)C)CC1.CCCCC(C)C. The highest BCUT2D eigenvalue weighted by atomic mass is 16.5. The minimum atomic E-state index is 0. The summed E-state index contributed by atoms with van der Waals surface area (Å²) in [4.78, 5) is 0. The van der Waals surface area contributed by atoms with Crippen molar-refractivity contribution in [2.45, 2.75) is 199 Å². The molecule has 4 rings (SSSR count). The topological polar surface area (TPSA) is 38.7 Å². The summed E-state index contributed by atoms with van der Waals surface area (Å²) in [5.74, 6) is 9.17. The van der Waals surface area contributed by atoms with E-state index in [9.17, 15) is 5.11 Å². The lowest BCUT2D eigenvalue weighted by atomic mass is 9.78. The Bertz CT molecular complexity index is 588. The summed E-state index contributed by atoms with van der Waals surface area (Å²) in [6.07, 6.45) is 21.1. The van der Waals surface area contributed by atoms with Gasteiger partial charge in [0.25, 0.3) is 0 Å². The summed E-state index contributed by atoms with van der Waals surface area (Å²) in [6.45, 7) is 31.6. The first-order chi connectivity index (χ1) is 21.8. The summed E-state index contributed by atoms with van der Waals surface area (Å²) in [7, 11) is 0. The molecule has 2 aliphatic carbocycles. The van der Waals surface area contributed by atoms with Crippen molar-refractivity contribution in [3.8, 4) is 0 Å². The molecule has 3 heteroatoms. The molecule has 2 saturated carbocycles. The molecule has 47 heavy (non-hydrogen) atoms. The maximum absolute atomic E-state index is 9.21. The molecule has 4 fully saturated rings. The van der Waals surface area contributed by atoms with Crippen molar-refractivity contribution in [2.24, 2.45) is 59.2 Å². The van der Waals surface area contributed by atoms with Gasteiger partial charge in [0.05, 0.1) is 6.10 Å². The van der Waals surface area contributed by atoms with Gasteiger partial charge in [-0.25, -0.2) is 0 Å². The molecule has 0 amide bonds. The maximum atomic E-state index is 9.21. The zero-order valence-corrected chi connectivity index (χ0v) is 33.8. The molecular weight excluding hydrogens is 576 g/mol. The van der Waals surface area contributed by atoms with Crippen LogP contribution in [0.3, 0.4) is 0 Å². The number of aliphatic hydroxyl groups is 1. The molecule has 0 aromatic rings. The van der Waals surface area contributed by atoms with Crippen molar-refractivity contribution in [3.63, 3.8) is 0 Å². The molecule has 0 radical (unpaired) electrons. The summed E-state index contributed by atoms with van der Waals surface area (Å²) in [5.41, 5.74) is 0. The largest absolute Gasteiger partial charge is 0.393 e. The van der Waals surface area contributed by atoms with E-state index in [0.29, 0.717) is 0 Å². The van der Waals surface area contributed by atoms with Crippen LogP contribution in [0.25, 0.3) is 0 Å². The molecular formula is C44H92O3. The lowest BCUT2D eigenvalue weighted by Gasteiger charge is -2.28. The van der Waals surface area contributed by atoms with Crippen LogP contribution in [0, 0.1) is 59.2 Å². The van der Waals surface area contributed by atoms with Crippen LogP contribution >= 0.6 is 0 Å². The zero-order valence-electron chi connectivity index (χ0n) is 33.8. The van der Waals surface area contributed by atoms with Gasteiger partial charge in [-0.05, 0) is 130 Å². The predicted octanol–water partition coefficient (Wildman–Crippen LogP) is 13.7. The normalized spacial score (nSPS) is 25.4. The van der Waals surface area contributed by atoms with E-state index in [0.717, 1.165) is 98.4 Å². The van der Waals surface area contributed by atoms with Crippen LogP contribution < -0.4 is 0 Å².